The summed E-state index contributed by atoms with van der Waals surface area (Å²) in [6, 6.07) is 7.92. The maximum Gasteiger partial charge on any atom is 0.363 e. The topological polar surface area (TPSA) is 38.7 Å². The zero-order chi connectivity index (χ0) is 13.3. The zero-order valence-electron chi connectivity index (χ0n) is 11.2. The fourth-order valence-corrected chi connectivity index (χ4v) is 1.55. The van der Waals surface area contributed by atoms with Gasteiger partial charge in [-0.1, -0.05) is 50.6 Å². The molecule has 1 aromatic carbocycles. The van der Waals surface area contributed by atoms with E-state index in [1.54, 1.807) is 6.08 Å². The van der Waals surface area contributed by atoms with Crippen LogP contribution in [0.2, 0.25) is 0 Å². The summed E-state index contributed by atoms with van der Waals surface area (Å²) in [5.41, 5.74) is 2.25. The van der Waals surface area contributed by atoms with Crippen LogP contribution in [0.1, 0.15) is 31.9 Å². The molecule has 0 aromatic heterocycles. The van der Waals surface area contributed by atoms with Crippen LogP contribution in [0.5, 0.6) is 0 Å². The van der Waals surface area contributed by atoms with Gasteiger partial charge in [0.05, 0.1) is 0 Å². The van der Waals surface area contributed by atoms with Gasteiger partial charge in [0.2, 0.25) is 5.90 Å². The van der Waals surface area contributed by atoms with Gasteiger partial charge >= 0.3 is 5.97 Å². The molecule has 18 heavy (non-hydrogen) atoms. The number of nitrogens with zero attached hydrogens (tertiary/aromatic N) is 1. The number of hydrogen-bond acceptors (Lipinski definition) is 3. The number of hydrogen-bond donors (Lipinski definition) is 0. The van der Waals surface area contributed by atoms with Crippen LogP contribution < -0.4 is 0 Å². The highest BCUT2D eigenvalue weighted by Crippen LogP contribution is 2.25. The van der Waals surface area contributed by atoms with Gasteiger partial charge in [-0.05, 0) is 18.6 Å². The Kier molecular flexibility index (Phi) is 3.07. The lowest BCUT2D eigenvalue weighted by Crippen LogP contribution is -2.21. The lowest BCUT2D eigenvalue weighted by Gasteiger charge is -2.15. The van der Waals surface area contributed by atoms with Crippen molar-refractivity contribution in [2.24, 2.45) is 10.4 Å². The second kappa shape index (κ2) is 4.41. The molecule has 1 heterocycles. The first kappa shape index (κ1) is 12.6. The van der Waals surface area contributed by atoms with Crippen LogP contribution in [0.25, 0.3) is 6.08 Å². The van der Waals surface area contributed by atoms with E-state index in [2.05, 4.69) is 4.99 Å². The molecule has 1 aromatic rings. The lowest BCUT2D eigenvalue weighted by atomic mass is 9.97. The van der Waals surface area contributed by atoms with E-state index in [1.165, 1.54) is 5.56 Å². The summed E-state index contributed by atoms with van der Waals surface area (Å²) >= 11 is 0. The Morgan fingerprint density at radius 1 is 1.17 bits per heavy atom. The molecule has 0 fully saturated rings. The summed E-state index contributed by atoms with van der Waals surface area (Å²) < 4.78 is 5.18. The van der Waals surface area contributed by atoms with E-state index in [0.29, 0.717) is 11.6 Å². The number of esters is 1. The van der Waals surface area contributed by atoms with Gasteiger partial charge in [0.15, 0.2) is 5.70 Å². The Morgan fingerprint density at radius 2 is 1.78 bits per heavy atom. The zero-order valence-corrected chi connectivity index (χ0v) is 11.2. The predicted molar refractivity (Wildman–Crippen MR) is 72.1 cm³/mol. The van der Waals surface area contributed by atoms with Gasteiger partial charge in [-0.15, -0.1) is 0 Å². The molecule has 0 saturated heterocycles. The van der Waals surface area contributed by atoms with E-state index in [0.717, 1.165) is 5.56 Å². The van der Waals surface area contributed by atoms with Crippen LogP contribution in [0.3, 0.4) is 0 Å². The van der Waals surface area contributed by atoms with E-state index in [1.807, 2.05) is 52.0 Å². The van der Waals surface area contributed by atoms with Crippen molar-refractivity contribution in [3.05, 3.63) is 41.1 Å². The van der Waals surface area contributed by atoms with Crippen molar-refractivity contribution in [1.29, 1.82) is 0 Å². The normalized spacial score (nSPS) is 17.9. The molecule has 0 spiro atoms. The van der Waals surface area contributed by atoms with Gasteiger partial charge in [-0.2, -0.15) is 0 Å². The quantitative estimate of drug-likeness (QED) is 0.560. The Morgan fingerprint density at radius 3 is 2.28 bits per heavy atom. The molecule has 0 amide bonds. The van der Waals surface area contributed by atoms with Crippen LogP contribution in [0, 0.1) is 12.3 Å². The number of carbonyl (C=O) groups is 1. The van der Waals surface area contributed by atoms with Crippen molar-refractivity contribution in [2.45, 2.75) is 27.7 Å². The number of benzene rings is 1. The first-order valence-electron chi connectivity index (χ1n) is 5.96. The van der Waals surface area contributed by atoms with E-state index in [-0.39, 0.29) is 11.4 Å². The molecule has 1 aliphatic heterocycles. The molecular weight excluding hydrogens is 226 g/mol. The molecule has 0 radical (unpaired) electrons. The number of aliphatic imine (C=N–C) groups is 1. The van der Waals surface area contributed by atoms with Crippen molar-refractivity contribution < 1.29 is 9.53 Å². The molecule has 0 saturated carbocycles. The molecule has 0 N–H and O–H groups in total. The highest BCUT2D eigenvalue weighted by atomic mass is 16.6. The Balaban J connectivity index is 2.31. The second-order valence-electron chi connectivity index (χ2n) is 5.50. The van der Waals surface area contributed by atoms with Crippen molar-refractivity contribution >= 4 is 17.9 Å². The van der Waals surface area contributed by atoms with Crippen molar-refractivity contribution in [1.82, 2.24) is 0 Å². The number of rotatable bonds is 1. The molecule has 0 atom stereocenters. The van der Waals surface area contributed by atoms with Crippen molar-refractivity contribution in [2.75, 3.05) is 0 Å². The minimum atomic E-state index is -0.375. The maximum absolute atomic E-state index is 11.7. The smallest absolute Gasteiger partial charge is 0.363 e. The standard InChI is InChI=1S/C15H17NO2/c1-10-5-7-11(8-6-10)9-12-13(17)18-14(16-12)15(2,3)4/h5-9H,1-4H3/b12-9-. The van der Waals surface area contributed by atoms with Crippen molar-refractivity contribution in [3.8, 4) is 0 Å². The first-order valence-corrected chi connectivity index (χ1v) is 5.96. The van der Waals surface area contributed by atoms with E-state index < -0.39 is 0 Å². The van der Waals surface area contributed by atoms with E-state index in [4.69, 9.17) is 4.74 Å². The largest absolute Gasteiger partial charge is 0.406 e. The van der Waals surface area contributed by atoms with Gasteiger partial charge in [0, 0.05) is 5.41 Å². The lowest BCUT2D eigenvalue weighted by molar-refractivity contribution is -0.130. The summed E-state index contributed by atoms with van der Waals surface area (Å²) in [5.74, 6) is 0.103. The van der Waals surface area contributed by atoms with Crippen LogP contribution in [-0.2, 0) is 9.53 Å². The van der Waals surface area contributed by atoms with Gasteiger partial charge < -0.3 is 4.74 Å². The summed E-state index contributed by atoms with van der Waals surface area (Å²) in [6.07, 6.45) is 1.75. The minimum Gasteiger partial charge on any atom is -0.406 e. The predicted octanol–water partition coefficient (Wildman–Crippen LogP) is 3.34. The van der Waals surface area contributed by atoms with Crippen LogP contribution >= 0.6 is 0 Å². The third-order valence-electron chi connectivity index (χ3n) is 2.64. The Hall–Kier alpha value is -1.90. The van der Waals surface area contributed by atoms with Gasteiger partial charge in [0.1, 0.15) is 0 Å². The van der Waals surface area contributed by atoms with Crippen LogP contribution in [-0.4, -0.2) is 11.9 Å². The number of carbonyl (C=O) groups excluding carboxylic acids is 1. The van der Waals surface area contributed by atoms with E-state index >= 15 is 0 Å². The summed E-state index contributed by atoms with van der Waals surface area (Å²) in [6.45, 7) is 7.92. The van der Waals surface area contributed by atoms with Crippen LogP contribution in [0.4, 0.5) is 0 Å². The van der Waals surface area contributed by atoms with Crippen LogP contribution in [0.15, 0.2) is 35.0 Å². The maximum atomic E-state index is 11.7. The minimum absolute atomic E-state index is 0.251. The average Bonchev–Trinajstić information content (AvgIpc) is 2.63. The first-order chi connectivity index (χ1) is 8.36. The van der Waals surface area contributed by atoms with Gasteiger partial charge in [0.25, 0.3) is 0 Å². The third-order valence-corrected chi connectivity index (χ3v) is 2.64. The highest BCUT2D eigenvalue weighted by molar-refractivity contribution is 6.08. The molecule has 0 unspecified atom stereocenters. The SMILES string of the molecule is Cc1ccc(/C=C2\N=C(C(C)(C)C)OC2=O)cc1. The summed E-state index contributed by atoms with van der Waals surface area (Å²) in [5, 5.41) is 0. The number of cyclic esters (lactones) is 1. The highest BCUT2D eigenvalue weighted by Gasteiger charge is 2.31. The molecule has 1 aliphatic rings. The summed E-state index contributed by atoms with van der Waals surface area (Å²) in [4.78, 5) is 16.0. The molecule has 3 heteroatoms. The molecule has 2 rings (SSSR count). The molecule has 0 bridgehead atoms. The Bertz CT molecular complexity index is 531. The fourth-order valence-electron chi connectivity index (χ4n) is 1.55. The molecule has 3 nitrogen and oxygen atoms in total. The molecule has 94 valence electrons. The molecule has 0 aliphatic carbocycles. The monoisotopic (exact) mass is 243 g/mol. The average molecular weight is 243 g/mol. The fraction of sp³-hybridized carbons (Fsp3) is 0.333. The Labute approximate surface area is 107 Å². The number of ether oxygens (including phenoxy) is 1. The van der Waals surface area contributed by atoms with E-state index in [9.17, 15) is 4.79 Å². The number of aryl methyl sites for hydroxylation is 1. The molecular formula is C15H17NO2. The van der Waals surface area contributed by atoms with Crippen molar-refractivity contribution in [3.63, 3.8) is 0 Å². The second-order valence-corrected chi connectivity index (χ2v) is 5.50. The third kappa shape index (κ3) is 2.67. The van der Waals surface area contributed by atoms with Gasteiger partial charge in [-0.3, -0.25) is 0 Å². The van der Waals surface area contributed by atoms with Gasteiger partial charge in [-0.25, -0.2) is 9.79 Å². The summed E-state index contributed by atoms with van der Waals surface area (Å²) in [7, 11) is 0.